The van der Waals surface area contributed by atoms with Gasteiger partial charge in [0.1, 0.15) is 5.69 Å². The average Bonchev–Trinajstić information content (AvgIpc) is 2.78. The number of nitrogens with zero attached hydrogens (tertiary/aromatic N) is 1. The molecule has 1 aromatic carbocycles. The van der Waals surface area contributed by atoms with Gasteiger partial charge < -0.3 is 9.88 Å². The molecule has 0 saturated carbocycles. The summed E-state index contributed by atoms with van der Waals surface area (Å²) in [5.41, 5.74) is 2.62. The molecule has 3 nitrogen and oxygen atoms in total. The highest BCUT2D eigenvalue weighted by atomic mass is 16.2. The van der Waals surface area contributed by atoms with Crippen molar-refractivity contribution in [3.05, 3.63) is 48.2 Å². The van der Waals surface area contributed by atoms with Crippen LogP contribution in [0.25, 0.3) is 10.9 Å². The summed E-state index contributed by atoms with van der Waals surface area (Å²) < 4.78 is 0. The van der Waals surface area contributed by atoms with E-state index in [4.69, 9.17) is 0 Å². The van der Waals surface area contributed by atoms with E-state index < -0.39 is 0 Å². The summed E-state index contributed by atoms with van der Waals surface area (Å²) >= 11 is 0. The van der Waals surface area contributed by atoms with E-state index >= 15 is 0 Å². The fraction of sp³-hybridized carbons (Fsp3) is 0.267. The molecule has 94 valence electrons. The summed E-state index contributed by atoms with van der Waals surface area (Å²) in [6.45, 7) is 9.05. The van der Waals surface area contributed by atoms with Gasteiger partial charge in [0.15, 0.2) is 0 Å². The second-order valence-corrected chi connectivity index (χ2v) is 4.55. The van der Waals surface area contributed by atoms with Gasteiger partial charge in [0.25, 0.3) is 5.91 Å². The van der Waals surface area contributed by atoms with Crippen LogP contribution in [-0.4, -0.2) is 28.9 Å². The minimum Gasteiger partial charge on any atom is -0.351 e. The third-order valence-electron chi connectivity index (χ3n) is 2.89. The Labute approximate surface area is 107 Å². The van der Waals surface area contributed by atoms with Crippen LogP contribution in [0.3, 0.4) is 0 Å². The lowest BCUT2D eigenvalue weighted by molar-refractivity contribution is 0.0773. The lowest BCUT2D eigenvalue weighted by Gasteiger charge is -2.20. The van der Waals surface area contributed by atoms with E-state index in [1.54, 1.807) is 4.90 Å². The van der Waals surface area contributed by atoms with Crippen molar-refractivity contribution < 1.29 is 4.79 Å². The molecule has 0 aliphatic heterocycles. The van der Waals surface area contributed by atoms with E-state index in [9.17, 15) is 4.79 Å². The monoisotopic (exact) mass is 242 g/mol. The highest BCUT2D eigenvalue weighted by molar-refractivity contribution is 5.98. The Bertz CT molecular complexity index is 550. The normalized spacial score (nSPS) is 10.6. The third-order valence-corrected chi connectivity index (χ3v) is 2.89. The molecule has 0 bridgehead atoms. The number of para-hydroxylation sites is 1. The first-order valence-electron chi connectivity index (χ1n) is 6.13. The van der Waals surface area contributed by atoms with Crippen molar-refractivity contribution in [2.45, 2.75) is 13.8 Å². The molecule has 0 spiro atoms. The van der Waals surface area contributed by atoms with Crippen LogP contribution in [0.5, 0.6) is 0 Å². The number of aromatic nitrogens is 1. The molecule has 2 aromatic rings. The van der Waals surface area contributed by atoms with Crippen molar-refractivity contribution in [3.8, 4) is 0 Å². The predicted molar refractivity (Wildman–Crippen MR) is 74.7 cm³/mol. The van der Waals surface area contributed by atoms with Crippen molar-refractivity contribution in [2.24, 2.45) is 0 Å². The van der Waals surface area contributed by atoms with Crippen LogP contribution in [0.15, 0.2) is 42.5 Å². The van der Waals surface area contributed by atoms with E-state index in [2.05, 4.69) is 11.6 Å². The molecule has 0 fully saturated rings. The van der Waals surface area contributed by atoms with E-state index in [-0.39, 0.29) is 5.91 Å². The SMILES string of the molecule is C=C(C)CN(CC)C(=O)c1cc2ccccc2[nH]1. The zero-order valence-corrected chi connectivity index (χ0v) is 10.9. The van der Waals surface area contributed by atoms with Gasteiger partial charge in [-0.15, -0.1) is 0 Å². The molecule has 0 saturated heterocycles. The number of fused-ring (bicyclic) bond motifs is 1. The predicted octanol–water partition coefficient (Wildman–Crippen LogP) is 3.21. The van der Waals surface area contributed by atoms with Crippen molar-refractivity contribution in [1.82, 2.24) is 9.88 Å². The van der Waals surface area contributed by atoms with Gasteiger partial charge in [-0.25, -0.2) is 0 Å². The molecule has 0 unspecified atom stereocenters. The first-order chi connectivity index (χ1) is 8.61. The highest BCUT2D eigenvalue weighted by Gasteiger charge is 2.16. The molecule has 1 aromatic heterocycles. The summed E-state index contributed by atoms with van der Waals surface area (Å²) in [5, 5.41) is 1.06. The van der Waals surface area contributed by atoms with Crippen LogP contribution in [0, 0.1) is 0 Å². The lowest BCUT2D eigenvalue weighted by atomic mass is 10.2. The molecule has 3 heteroatoms. The Morgan fingerprint density at radius 1 is 1.39 bits per heavy atom. The molecule has 1 heterocycles. The van der Waals surface area contributed by atoms with Gasteiger partial charge in [-0.3, -0.25) is 4.79 Å². The number of rotatable bonds is 4. The van der Waals surface area contributed by atoms with Crippen LogP contribution in [0.2, 0.25) is 0 Å². The molecular weight excluding hydrogens is 224 g/mol. The molecule has 0 radical (unpaired) electrons. The number of hydrogen-bond donors (Lipinski definition) is 1. The molecule has 1 N–H and O–H groups in total. The lowest BCUT2D eigenvalue weighted by Crippen LogP contribution is -2.32. The van der Waals surface area contributed by atoms with Crippen LogP contribution in [0.4, 0.5) is 0 Å². The van der Waals surface area contributed by atoms with Gasteiger partial charge in [0.2, 0.25) is 0 Å². The maximum Gasteiger partial charge on any atom is 0.270 e. The summed E-state index contributed by atoms with van der Waals surface area (Å²) in [5.74, 6) is 0.0247. The first-order valence-corrected chi connectivity index (χ1v) is 6.13. The average molecular weight is 242 g/mol. The topological polar surface area (TPSA) is 36.1 Å². The quantitative estimate of drug-likeness (QED) is 0.821. The maximum atomic E-state index is 12.3. The van der Waals surface area contributed by atoms with E-state index in [1.165, 1.54) is 0 Å². The Kier molecular flexibility index (Phi) is 3.51. The second kappa shape index (κ2) is 5.08. The number of carbonyl (C=O) groups is 1. The number of nitrogens with one attached hydrogen (secondary N) is 1. The maximum absolute atomic E-state index is 12.3. The Hall–Kier alpha value is -2.03. The van der Waals surface area contributed by atoms with E-state index in [1.807, 2.05) is 44.2 Å². The van der Waals surface area contributed by atoms with Crippen LogP contribution < -0.4 is 0 Å². The van der Waals surface area contributed by atoms with Gasteiger partial charge in [-0.1, -0.05) is 30.4 Å². The number of H-pyrrole nitrogens is 1. The minimum absolute atomic E-state index is 0.0247. The molecule has 2 rings (SSSR count). The number of carbonyl (C=O) groups excluding carboxylic acids is 1. The van der Waals surface area contributed by atoms with Gasteiger partial charge >= 0.3 is 0 Å². The number of hydrogen-bond acceptors (Lipinski definition) is 1. The number of benzene rings is 1. The zero-order valence-electron chi connectivity index (χ0n) is 10.9. The van der Waals surface area contributed by atoms with Crippen molar-refractivity contribution in [1.29, 1.82) is 0 Å². The van der Waals surface area contributed by atoms with Crippen molar-refractivity contribution in [3.63, 3.8) is 0 Å². The Morgan fingerprint density at radius 2 is 2.11 bits per heavy atom. The molecule has 1 amide bonds. The zero-order chi connectivity index (χ0) is 13.1. The number of amides is 1. The largest absolute Gasteiger partial charge is 0.351 e. The van der Waals surface area contributed by atoms with Gasteiger partial charge in [-0.05, 0) is 26.0 Å². The van der Waals surface area contributed by atoms with Gasteiger partial charge in [0, 0.05) is 24.0 Å². The Balaban J connectivity index is 2.29. The fourth-order valence-electron chi connectivity index (χ4n) is 2.01. The Morgan fingerprint density at radius 3 is 2.72 bits per heavy atom. The molecular formula is C15H18N2O. The van der Waals surface area contributed by atoms with Gasteiger partial charge in [-0.2, -0.15) is 0 Å². The summed E-state index contributed by atoms with van der Waals surface area (Å²) in [4.78, 5) is 17.3. The van der Waals surface area contributed by atoms with Crippen molar-refractivity contribution >= 4 is 16.8 Å². The molecule has 18 heavy (non-hydrogen) atoms. The van der Waals surface area contributed by atoms with Crippen LogP contribution in [-0.2, 0) is 0 Å². The molecule has 0 atom stereocenters. The third kappa shape index (κ3) is 2.45. The number of aromatic amines is 1. The van der Waals surface area contributed by atoms with Crippen LogP contribution >= 0.6 is 0 Å². The number of likely N-dealkylation sites (N-methyl/N-ethyl adjacent to an activating group) is 1. The van der Waals surface area contributed by atoms with Gasteiger partial charge in [0.05, 0.1) is 0 Å². The minimum atomic E-state index is 0.0247. The summed E-state index contributed by atoms with van der Waals surface area (Å²) in [6, 6.07) is 9.80. The highest BCUT2D eigenvalue weighted by Crippen LogP contribution is 2.16. The van der Waals surface area contributed by atoms with Crippen LogP contribution in [0.1, 0.15) is 24.3 Å². The molecule has 0 aliphatic carbocycles. The second-order valence-electron chi connectivity index (χ2n) is 4.55. The van der Waals surface area contributed by atoms with E-state index in [0.717, 1.165) is 16.5 Å². The van der Waals surface area contributed by atoms with Crippen molar-refractivity contribution in [2.75, 3.05) is 13.1 Å². The first kappa shape index (κ1) is 12.4. The summed E-state index contributed by atoms with van der Waals surface area (Å²) in [6.07, 6.45) is 0. The van der Waals surface area contributed by atoms with E-state index in [0.29, 0.717) is 18.8 Å². The summed E-state index contributed by atoms with van der Waals surface area (Å²) in [7, 11) is 0. The molecule has 0 aliphatic rings. The fourth-order valence-corrected chi connectivity index (χ4v) is 2.01. The smallest absolute Gasteiger partial charge is 0.270 e. The standard InChI is InChI=1S/C15H18N2O/c1-4-17(10-11(2)3)15(18)14-9-12-7-5-6-8-13(12)16-14/h5-9,16H,2,4,10H2,1,3H3.